The van der Waals surface area contributed by atoms with Gasteiger partial charge in [0.1, 0.15) is 30.0 Å². The molecule has 1 aliphatic carbocycles. The molecule has 0 unspecified atom stereocenters. The van der Waals surface area contributed by atoms with Gasteiger partial charge in [-0.25, -0.2) is 0 Å². The molecule has 5 rings (SSSR count). The van der Waals surface area contributed by atoms with Crippen LogP contribution in [0.25, 0.3) is 4.91 Å². The van der Waals surface area contributed by atoms with Crippen molar-refractivity contribution in [1.82, 2.24) is 20.9 Å². The number of ether oxygens (including phenoxy) is 1. The van der Waals surface area contributed by atoms with Crippen LogP contribution in [-0.4, -0.2) is 83.5 Å². The van der Waals surface area contributed by atoms with Gasteiger partial charge in [0, 0.05) is 52.8 Å². The smallest absolute Gasteiger partial charge is 0.251 e. The van der Waals surface area contributed by atoms with Gasteiger partial charge in [-0.3, -0.25) is 24.2 Å². The number of nitriles is 1. The zero-order valence-corrected chi connectivity index (χ0v) is 41.0. The fourth-order valence-electron chi connectivity index (χ4n) is 9.46. The molecule has 0 radical (unpaired) electrons. The molecular formula is C51H65ClN6O6S. The summed E-state index contributed by atoms with van der Waals surface area (Å²) in [6, 6.07) is 20.1. The average Bonchev–Trinajstić information content (AvgIpc) is 3.66. The number of hydrogen-bond donors (Lipinski definition) is 4. The second-order valence-electron chi connectivity index (χ2n) is 19.6. The zero-order chi connectivity index (χ0) is 48.0. The predicted molar refractivity (Wildman–Crippen MR) is 260 cm³/mol. The molecule has 14 heteroatoms. The summed E-state index contributed by atoms with van der Waals surface area (Å²) in [7, 11) is 0. The second-order valence-corrected chi connectivity index (χ2v) is 20.8. The van der Waals surface area contributed by atoms with Gasteiger partial charge < -0.3 is 30.7 Å². The highest BCUT2D eigenvalue weighted by Crippen LogP contribution is 2.55. The summed E-state index contributed by atoms with van der Waals surface area (Å²) in [6.45, 7) is 21.3. The number of carbonyl (C=O) groups is 4. The van der Waals surface area contributed by atoms with E-state index in [1.54, 1.807) is 30.0 Å². The number of β-amino-alcohol motifs (C(OH)–C–C–N with tert-alkyl or cyclic N) is 1. The monoisotopic (exact) mass is 924 g/mol. The molecule has 1 heterocycles. The van der Waals surface area contributed by atoms with Crippen molar-refractivity contribution in [1.29, 1.82) is 5.26 Å². The standard InChI is InChI=1S/C51H65ClN6O6S/c1-30(33-20-22-34(23-21-33)42(65-11)31(2)54-10)55-45(62)40-26-37(59)29-58(40)46(63)43(49(3,4)5)56-41(60)15-13-12-14-32-16-18-35(19-17-32)44(61)57-47-50(6,7)48(51(47,8)9)64-38-25-24-36(28-53)39(52)27-38/h16-25,27,30,37,40,43,47-48,59H,10,12-15,26,29H2,1-9,11H3,(H,55,62)(H,56,60)(H,57,61)/b42-31-/t30-,37+,40-,43+,47?,48?/m0/s1. The maximum Gasteiger partial charge on any atom is 0.251 e. The number of rotatable bonds is 17. The highest BCUT2D eigenvalue weighted by atomic mass is 35.5. The molecule has 0 aromatic heterocycles. The minimum Gasteiger partial charge on any atom is -0.489 e. The van der Waals surface area contributed by atoms with Crippen molar-refractivity contribution in [3.05, 3.63) is 105 Å². The maximum absolute atomic E-state index is 14.2. The molecule has 1 aliphatic heterocycles. The number of aliphatic imine (C=N–C) groups is 1. The van der Waals surface area contributed by atoms with E-state index in [2.05, 4.69) is 61.4 Å². The van der Waals surface area contributed by atoms with E-state index in [9.17, 15) is 29.5 Å². The highest BCUT2D eigenvalue weighted by molar-refractivity contribution is 8.07. The van der Waals surface area contributed by atoms with Crippen molar-refractivity contribution in [2.75, 3.05) is 12.8 Å². The van der Waals surface area contributed by atoms with Gasteiger partial charge >= 0.3 is 0 Å². The van der Waals surface area contributed by atoms with Crippen LogP contribution in [-0.2, 0) is 20.8 Å². The predicted octanol–water partition coefficient (Wildman–Crippen LogP) is 8.66. The molecule has 3 aromatic carbocycles. The molecular weight excluding hydrogens is 860 g/mol. The Morgan fingerprint density at radius 3 is 2.20 bits per heavy atom. The van der Waals surface area contributed by atoms with E-state index >= 15 is 0 Å². The maximum atomic E-state index is 14.2. The number of nitrogens with one attached hydrogen (secondary N) is 3. The molecule has 1 saturated carbocycles. The fraction of sp³-hybridized carbons (Fsp3) is 0.490. The summed E-state index contributed by atoms with van der Waals surface area (Å²) in [4.78, 5) is 61.1. The lowest BCUT2D eigenvalue weighted by molar-refractivity contribution is -0.164. The Bertz CT molecular complexity index is 2300. The van der Waals surface area contributed by atoms with Gasteiger partial charge in [-0.05, 0) is 92.5 Å². The van der Waals surface area contributed by atoms with Gasteiger partial charge in [0.2, 0.25) is 17.7 Å². The van der Waals surface area contributed by atoms with Crippen LogP contribution < -0.4 is 20.7 Å². The highest BCUT2D eigenvalue weighted by Gasteiger charge is 2.64. The Labute approximate surface area is 394 Å². The first kappa shape index (κ1) is 50.8. The number of amides is 4. The van der Waals surface area contributed by atoms with E-state index in [4.69, 9.17) is 16.3 Å². The first-order chi connectivity index (χ1) is 30.5. The fourth-order valence-corrected chi connectivity index (χ4v) is 10.4. The quantitative estimate of drug-likeness (QED) is 0.0769. The Kier molecular flexibility index (Phi) is 16.4. The summed E-state index contributed by atoms with van der Waals surface area (Å²) in [6.07, 6.45) is 3.19. The number of thioether (sulfide) groups is 1. The van der Waals surface area contributed by atoms with Crippen molar-refractivity contribution in [2.24, 2.45) is 21.2 Å². The van der Waals surface area contributed by atoms with E-state index in [0.717, 1.165) is 27.3 Å². The summed E-state index contributed by atoms with van der Waals surface area (Å²) in [5, 5.41) is 29.4. The topological polar surface area (TPSA) is 173 Å². The van der Waals surface area contributed by atoms with Crippen LogP contribution in [0.4, 0.5) is 0 Å². The lowest BCUT2D eigenvalue weighted by atomic mass is 9.49. The minimum absolute atomic E-state index is 0.00750. The Morgan fingerprint density at radius 1 is 1.00 bits per heavy atom. The number of allylic oxidation sites excluding steroid dienone is 1. The summed E-state index contributed by atoms with van der Waals surface area (Å²) < 4.78 is 6.36. The number of aryl methyl sites for hydroxylation is 1. The van der Waals surface area contributed by atoms with Gasteiger partial charge in [0.05, 0.1) is 28.4 Å². The molecule has 1 saturated heterocycles. The SMILES string of the molecule is C=N/C(C)=C(\SC)c1ccc([C@H](C)NC(=O)[C@@H]2C[C@@H](O)CN2C(=O)[C@@H](NC(=O)CCCCc2ccc(C(=O)NC3C(C)(C)C(Oc4ccc(C#N)c(Cl)c4)C3(C)C)cc2)C(C)(C)C)cc1. The van der Waals surface area contributed by atoms with Crippen LogP contribution in [0.5, 0.6) is 5.75 Å². The van der Waals surface area contributed by atoms with E-state index in [0.29, 0.717) is 41.2 Å². The number of nitrogens with zero attached hydrogens (tertiary/aromatic N) is 3. The third-order valence-electron chi connectivity index (χ3n) is 12.8. The number of likely N-dealkylation sites (tertiary alicyclic amines) is 1. The van der Waals surface area contributed by atoms with E-state index in [1.807, 2.05) is 89.4 Å². The summed E-state index contributed by atoms with van der Waals surface area (Å²) >= 11 is 7.83. The molecule has 2 aliphatic rings. The second kappa shape index (κ2) is 21.0. The van der Waals surface area contributed by atoms with Crippen molar-refractivity contribution < 1.29 is 29.0 Å². The van der Waals surface area contributed by atoms with Gasteiger partial charge in [-0.2, -0.15) is 5.26 Å². The normalized spacial score (nSPS) is 21.1. The van der Waals surface area contributed by atoms with Crippen LogP contribution in [0.1, 0.15) is 127 Å². The van der Waals surface area contributed by atoms with Gasteiger partial charge in [-0.1, -0.05) is 96.5 Å². The molecule has 4 N–H and O–H groups in total. The van der Waals surface area contributed by atoms with E-state index in [1.165, 1.54) is 4.90 Å². The number of aliphatic hydroxyl groups is 1. The van der Waals surface area contributed by atoms with Crippen molar-refractivity contribution in [2.45, 2.75) is 131 Å². The van der Waals surface area contributed by atoms with Crippen LogP contribution in [0.3, 0.4) is 0 Å². The Hall–Kier alpha value is -5.16. The summed E-state index contributed by atoms with van der Waals surface area (Å²) in [5.41, 5.74) is 3.21. The van der Waals surface area contributed by atoms with Crippen LogP contribution in [0.2, 0.25) is 5.02 Å². The van der Waals surface area contributed by atoms with Gasteiger partial charge in [0.15, 0.2) is 0 Å². The largest absolute Gasteiger partial charge is 0.489 e. The summed E-state index contributed by atoms with van der Waals surface area (Å²) in [5.74, 6) is -0.645. The molecule has 2 fully saturated rings. The first-order valence-corrected chi connectivity index (χ1v) is 23.8. The molecule has 4 atom stereocenters. The zero-order valence-electron chi connectivity index (χ0n) is 39.4. The van der Waals surface area contributed by atoms with Gasteiger partial charge in [-0.15, -0.1) is 11.8 Å². The number of halogens is 1. The van der Waals surface area contributed by atoms with E-state index < -0.39 is 40.3 Å². The molecule has 4 amide bonds. The molecule has 348 valence electrons. The van der Waals surface area contributed by atoms with Crippen LogP contribution in [0.15, 0.2) is 77.4 Å². The van der Waals surface area contributed by atoms with Crippen LogP contribution >= 0.6 is 23.4 Å². The molecule has 0 bridgehead atoms. The number of unbranched alkanes of at least 4 members (excludes halogenated alkanes) is 1. The molecule has 0 spiro atoms. The van der Waals surface area contributed by atoms with Crippen molar-refractivity contribution in [3.8, 4) is 11.8 Å². The lowest BCUT2D eigenvalue weighted by Gasteiger charge is -2.63. The minimum atomic E-state index is -0.914. The van der Waals surface area contributed by atoms with Gasteiger partial charge in [0.25, 0.3) is 5.91 Å². The Balaban J connectivity index is 1.10. The van der Waals surface area contributed by atoms with Crippen LogP contribution in [0, 0.1) is 27.6 Å². The lowest BCUT2D eigenvalue weighted by Crippen LogP contribution is -2.74. The third kappa shape index (κ3) is 11.8. The third-order valence-corrected chi connectivity index (χ3v) is 14.1. The first-order valence-electron chi connectivity index (χ1n) is 22.2. The van der Waals surface area contributed by atoms with Crippen molar-refractivity contribution >= 4 is 58.6 Å². The molecule has 3 aromatic rings. The molecule has 12 nitrogen and oxygen atoms in total. The number of benzene rings is 3. The molecule has 65 heavy (non-hydrogen) atoms. The number of aliphatic hydroxyl groups excluding tert-OH is 1. The van der Waals surface area contributed by atoms with E-state index in [-0.39, 0.29) is 55.3 Å². The Morgan fingerprint density at radius 2 is 1.63 bits per heavy atom. The number of carbonyl (C=O) groups excluding carboxylic acids is 4. The van der Waals surface area contributed by atoms with Crippen molar-refractivity contribution in [3.63, 3.8) is 0 Å². The average molecular weight is 926 g/mol. The number of hydrogen-bond acceptors (Lipinski definition) is 9.